The van der Waals surface area contributed by atoms with E-state index in [0.717, 1.165) is 11.1 Å². The molecule has 0 aliphatic rings. The molecule has 0 heterocycles. The number of benzene rings is 2. The van der Waals surface area contributed by atoms with E-state index >= 15 is 0 Å². The highest BCUT2D eigenvalue weighted by Gasteiger charge is 2.09. The Morgan fingerprint density at radius 3 is 2.47 bits per heavy atom. The van der Waals surface area contributed by atoms with Crippen molar-refractivity contribution in [3.63, 3.8) is 0 Å². The zero-order valence-corrected chi connectivity index (χ0v) is 12.1. The van der Waals surface area contributed by atoms with E-state index in [9.17, 15) is 4.39 Å². The van der Waals surface area contributed by atoms with E-state index in [1.807, 2.05) is 18.4 Å². The second kappa shape index (κ2) is 6.42. The summed E-state index contributed by atoms with van der Waals surface area (Å²) in [6.45, 7) is 0. The van der Waals surface area contributed by atoms with Gasteiger partial charge in [-0.15, -0.1) is 11.8 Å². The molecule has 19 heavy (non-hydrogen) atoms. The second-order valence-corrected chi connectivity index (χ2v) is 5.62. The van der Waals surface area contributed by atoms with Crippen LogP contribution in [0.2, 0.25) is 5.02 Å². The summed E-state index contributed by atoms with van der Waals surface area (Å²) in [5.74, 6) is -0.400. The molecule has 0 radical (unpaired) electrons. The molecule has 0 fully saturated rings. The van der Waals surface area contributed by atoms with Crippen LogP contribution in [-0.4, -0.2) is 6.26 Å². The Morgan fingerprint density at radius 2 is 1.89 bits per heavy atom. The van der Waals surface area contributed by atoms with Gasteiger partial charge in [0.25, 0.3) is 0 Å². The molecule has 1 unspecified atom stereocenters. The summed E-state index contributed by atoms with van der Waals surface area (Å²) in [7, 11) is 0. The van der Waals surface area contributed by atoms with Crippen LogP contribution in [0.5, 0.6) is 0 Å². The molecule has 4 heteroatoms. The van der Waals surface area contributed by atoms with Crippen molar-refractivity contribution in [1.29, 1.82) is 0 Å². The number of hydrogen-bond acceptors (Lipinski definition) is 2. The molecule has 0 spiro atoms. The number of thioether (sulfide) groups is 1. The average Bonchev–Trinajstić information content (AvgIpc) is 2.43. The van der Waals surface area contributed by atoms with E-state index in [-0.39, 0.29) is 11.1 Å². The van der Waals surface area contributed by atoms with Gasteiger partial charge in [0.05, 0.1) is 5.02 Å². The Bertz CT molecular complexity index is 557. The van der Waals surface area contributed by atoms with Crippen LogP contribution in [-0.2, 0) is 6.42 Å². The molecule has 0 saturated carbocycles. The van der Waals surface area contributed by atoms with Crippen LogP contribution in [0.3, 0.4) is 0 Å². The van der Waals surface area contributed by atoms with Crippen molar-refractivity contribution in [3.8, 4) is 0 Å². The van der Waals surface area contributed by atoms with Gasteiger partial charge in [-0.05, 0) is 48.1 Å². The van der Waals surface area contributed by atoms with E-state index in [4.69, 9.17) is 17.3 Å². The maximum Gasteiger partial charge on any atom is 0.141 e. The number of nitrogens with two attached hydrogens (primary N) is 1. The van der Waals surface area contributed by atoms with Crippen molar-refractivity contribution in [2.24, 2.45) is 5.73 Å². The summed E-state index contributed by atoms with van der Waals surface area (Å²) < 4.78 is 13.1. The fraction of sp³-hybridized carbons (Fsp3) is 0.200. The minimum Gasteiger partial charge on any atom is -0.324 e. The highest BCUT2D eigenvalue weighted by Crippen LogP contribution is 2.22. The molecular formula is C15H15ClFNS. The highest BCUT2D eigenvalue weighted by atomic mass is 35.5. The van der Waals surface area contributed by atoms with Crippen LogP contribution in [0.4, 0.5) is 4.39 Å². The lowest BCUT2D eigenvalue weighted by molar-refractivity contribution is 0.626. The molecule has 2 aromatic carbocycles. The summed E-state index contributed by atoms with van der Waals surface area (Å²) in [4.78, 5) is 1.21. The smallest absolute Gasteiger partial charge is 0.141 e. The first-order valence-corrected chi connectivity index (χ1v) is 7.54. The summed E-state index contributed by atoms with van der Waals surface area (Å²) >= 11 is 7.46. The maximum atomic E-state index is 13.1. The third-order valence-electron chi connectivity index (χ3n) is 2.98. The largest absolute Gasteiger partial charge is 0.324 e. The average molecular weight is 296 g/mol. The molecule has 2 aromatic rings. The molecule has 100 valence electrons. The SMILES string of the molecule is CSc1ccc(C(N)Cc2ccc(F)c(Cl)c2)cc1. The molecule has 0 aliphatic heterocycles. The van der Waals surface area contributed by atoms with Crippen molar-refractivity contribution in [1.82, 2.24) is 0 Å². The fourth-order valence-corrected chi connectivity index (χ4v) is 2.50. The van der Waals surface area contributed by atoms with Crippen molar-refractivity contribution in [2.75, 3.05) is 6.26 Å². The molecule has 0 amide bonds. The molecular weight excluding hydrogens is 281 g/mol. The van der Waals surface area contributed by atoms with Gasteiger partial charge in [-0.25, -0.2) is 4.39 Å². The second-order valence-electron chi connectivity index (χ2n) is 4.33. The van der Waals surface area contributed by atoms with Crippen molar-refractivity contribution < 1.29 is 4.39 Å². The third-order valence-corrected chi connectivity index (χ3v) is 4.02. The van der Waals surface area contributed by atoms with E-state index in [2.05, 4.69) is 12.1 Å². The summed E-state index contributed by atoms with van der Waals surface area (Å²) in [5.41, 5.74) is 8.17. The maximum absolute atomic E-state index is 13.1. The zero-order valence-electron chi connectivity index (χ0n) is 10.6. The van der Waals surface area contributed by atoms with Crippen LogP contribution in [0.15, 0.2) is 47.4 Å². The quantitative estimate of drug-likeness (QED) is 0.844. The molecule has 2 rings (SSSR count). The summed E-state index contributed by atoms with van der Waals surface area (Å²) in [6.07, 6.45) is 2.67. The summed E-state index contributed by atoms with van der Waals surface area (Å²) in [5, 5.41) is 0.141. The Labute approximate surface area is 122 Å². The standard InChI is InChI=1S/C15H15ClFNS/c1-19-12-5-3-11(4-6-12)15(18)9-10-2-7-14(17)13(16)8-10/h2-8,15H,9,18H2,1H3. The monoisotopic (exact) mass is 295 g/mol. The molecule has 1 nitrogen and oxygen atoms in total. The first kappa shape index (κ1) is 14.4. The van der Waals surface area contributed by atoms with Gasteiger partial charge in [-0.2, -0.15) is 0 Å². The Hall–Kier alpha value is -1.03. The van der Waals surface area contributed by atoms with Crippen LogP contribution in [0, 0.1) is 5.82 Å². The van der Waals surface area contributed by atoms with Gasteiger partial charge in [0.1, 0.15) is 5.82 Å². The van der Waals surface area contributed by atoms with Crippen LogP contribution in [0.25, 0.3) is 0 Å². The van der Waals surface area contributed by atoms with Crippen molar-refractivity contribution >= 4 is 23.4 Å². The fourth-order valence-electron chi connectivity index (χ4n) is 1.89. The van der Waals surface area contributed by atoms with Gasteiger partial charge in [0.2, 0.25) is 0 Å². The van der Waals surface area contributed by atoms with E-state index in [1.54, 1.807) is 23.9 Å². The van der Waals surface area contributed by atoms with E-state index < -0.39 is 5.82 Å². The molecule has 0 aliphatic carbocycles. The minimum atomic E-state index is -0.400. The topological polar surface area (TPSA) is 26.0 Å². The number of hydrogen-bond donors (Lipinski definition) is 1. The minimum absolute atomic E-state index is 0.113. The lowest BCUT2D eigenvalue weighted by Gasteiger charge is -2.13. The molecule has 0 bridgehead atoms. The van der Waals surface area contributed by atoms with Gasteiger partial charge in [-0.3, -0.25) is 0 Å². The van der Waals surface area contributed by atoms with Gasteiger partial charge in [-0.1, -0.05) is 29.8 Å². The Balaban J connectivity index is 2.10. The van der Waals surface area contributed by atoms with Crippen LogP contribution < -0.4 is 5.73 Å². The third kappa shape index (κ3) is 3.72. The van der Waals surface area contributed by atoms with Crippen molar-refractivity contribution in [2.45, 2.75) is 17.4 Å². The molecule has 0 aromatic heterocycles. The van der Waals surface area contributed by atoms with Crippen LogP contribution >= 0.6 is 23.4 Å². The summed E-state index contributed by atoms with van der Waals surface area (Å²) in [6, 6.07) is 12.8. The van der Waals surface area contributed by atoms with Gasteiger partial charge in [0.15, 0.2) is 0 Å². The Kier molecular flexibility index (Phi) is 4.86. The highest BCUT2D eigenvalue weighted by molar-refractivity contribution is 7.98. The predicted molar refractivity (Wildman–Crippen MR) is 80.3 cm³/mol. The molecule has 1 atom stereocenters. The van der Waals surface area contributed by atoms with Gasteiger partial charge >= 0.3 is 0 Å². The number of rotatable bonds is 4. The lowest BCUT2D eigenvalue weighted by atomic mass is 10.00. The van der Waals surface area contributed by atoms with E-state index in [0.29, 0.717) is 6.42 Å². The van der Waals surface area contributed by atoms with E-state index in [1.165, 1.54) is 11.0 Å². The molecule has 0 saturated heterocycles. The van der Waals surface area contributed by atoms with Gasteiger partial charge in [0, 0.05) is 10.9 Å². The van der Waals surface area contributed by atoms with Crippen molar-refractivity contribution in [3.05, 3.63) is 64.4 Å². The molecule has 2 N–H and O–H groups in total. The Morgan fingerprint density at radius 1 is 1.21 bits per heavy atom. The predicted octanol–water partition coefficient (Wildman–Crippen LogP) is 4.44. The first-order chi connectivity index (χ1) is 9.10. The normalized spacial score (nSPS) is 12.4. The zero-order chi connectivity index (χ0) is 13.8. The van der Waals surface area contributed by atoms with Crippen LogP contribution in [0.1, 0.15) is 17.2 Å². The first-order valence-electron chi connectivity index (χ1n) is 5.93. The lowest BCUT2D eigenvalue weighted by Crippen LogP contribution is -2.13. The number of halogens is 2. The van der Waals surface area contributed by atoms with Gasteiger partial charge < -0.3 is 5.73 Å².